The maximum absolute atomic E-state index is 12.0. The van der Waals surface area contributed by atoms with E-state index in [9.17, 15) is 9.59 Å². The second-order valence-electron chi connectivity index (χ2n) is 4.88. The van der Waals surface area contributed by atoms with Gasteiger partial charge in [0, 0.05) is 29.9 Å². The van der Waals surface area contributed by atoms with Gasteiger partial charge in [-0.3, -0.25) is 9.59 Å². The van der Waals surface area contributed by atoms with E-state index in [4.69, 9.17) is 23.8 Å². The standard InChI is InChI=1S/C16H16ClN3O2S/c1-10-12(17)5-2-6-13(10)20-14(21)7-9-18-15(22)11-4-3-8-19-16(11)23/h2-6,8H,7,9H2,1H3,(H,18,22)(H,19,23)(H,20,21). The molecule has 23 heavy (non-hydrogen) atoms. The van der Waals surface area contributed by atoms with E-state index < -0.39 is 0 Å². The van der Waals surface area contributed by atoms with Crippen LogP contribution in [0.2, 0.25) is 5.02 Å². The Morgan fingerprint density at radius 1 is 1.26 bits per heavy atom. The number of carbonyl (C=O) groups excluding carboxylic acids is 2. The van der Waals surface area contributed by atoms with E-state index in [1.807, 2.05) is 6.92 Å². The molecule has 0 aliphatic rings. The first-order chi connectivity index (χ1) is 11.0. The largest absolute Gasteiger partial charge is 0.352 e. The lowest BCUT2D eigenvalue weighted by Gasteiger charge is -2.10. The Hall–Kier alpha value is -2.18. The molecule has 0 saturated carbocycles. The van der Waals surface area contributed by atoms with Crippen LogP contribution in [0.4, 0.5) is 5.69 Å². The quantitative estimate of drug-likeness (QED) is 0.724. The van der Waals surface area contributed by atoms with Gasteiger partial charge in [-0.15, -0.1) is 0 Å². The first kappa shape index (κ1) is 17.2. The smallest absolute Gasteiger partial charge is 0.254 e. The third-order valence-electron chi connectivity index (χ3n) is 3.24. The molecule has 1 aromatic carbocycles. The molecule has 5 nitrogen and oxygen atoms in total. The van der Waals surface area contributed by atoms with Gasteiger partial charge in [-0.2, -0.15) is 0 Å². The Morgan fingerprint density at radius 2 is 2.04 bits per heavy atom. The molecule has 2 amide bonds. The predicted molar refractivity (Wildman–Crippen MR) is 93.4 cm³/mol. The van der Waals surface area contributed by atoms with Gasteiger partial charge in [-0.25, -0.2) is 0 Å². The van der Waals surface area contributed by atoms with Crippen molar-refractivity contribution in [3.63, 3.8) is 0 Å². The highest BCUT2D eigenvalue weighted by atomic mass is 35.5. The SMILES string of the molecule is Cc1c(Cl)cccc1NC(=O)CCNC(=O)c1ccc[nH]c1=S. The molecule has 0 bridgehead atoms. The number of nitrogens with one attached hydrogen (secondary N) is 3. The second kappa shape index (κ2) is 7.89. The van der Waals surface area contributed by atoms with Gasteiger partial charge in [-0.05, 0) is 36.8 Å². The van der Waals surface area contributed by atoms with Crippen molar-refractivity contribution < 1.29 is 9.59 Å². The van der Waals surface area contributed by atoms with Crippen LogP contribution in [-0.4, -0.2) is 23.3 Å². The van der Waals surface area contributed by atoms with E-state index in [2.05, 4.69) is 15.6 Å². The average molecular weight is 350 g/mol. The highest BCUT2D eigenvalue weighted by Gasteiger charge is 2.09. The molecular weight excluding hydrogens is 334 g/mol. The summed E-state index contributed by atoms with van der Waals surface area (Å²) in [5, 5.41) is 6.04. The Morgan fingerprint density at radius 3 is 2.78 bits per heavy atom. The number of halogens is 1. The van der Waals surface area contributed by atoms with E-state index in [1.165, 1.54) is 0 Å². The summed E-state index contributed by atoms with van der Waals surface area (Å²) in [5.74, 6) is -0.507. The molecule has 120 valence electrons. The van der Waals surface area contributed by atoms with E-state index in [-0.39, 0.29) is 24.8 Å². The molecule has 0 spiro atoms. The summed E-state index contributed by atoms with van der Waals surface area (Å²) in [5.41, 5.74) is 1.86. The van der Waals surface area contributed by atoms with Gasteiger partial charge in [0.25, 0.3) is 5.91 Å². The minimum atomic E-state index is -0.307. The van der Waals surface area contributed by atoms with Gasteiger partial charge >= 0.3 is 0 Å². The molecular formula is C16H16ClN3O2S. The van der Waals surface area contributed by atoms with E-state index >= 15 is 0 Å². The molecule has 0 fully saturated rings. The van der Waals surface area contributed by atoms with Crippen molar-refractivity contribution in [1.82, 2.24) is 10.3 Å². The average Bonchev–Trinajstić information content (AvgIpc) is 2.52. The topological polar surface area (TPSA) is 74.0 Å². The number of aromatic nitrogens is 1. The molecule has 3 N–H and O–H groups in total. The molecule has 0 atom stereocenters. The highest BCUT2D eigenvalue weighted by molar-refractivity contribution is 7.71. The van der Waals surface area contributed by atoms with Crippen LogP contribution in [-0.2, 0) is 4.79 Å². The number of carbonyl (C=O) groups is 2. The monoisotopic (exact) mass is 349 g/mol. The Balaban J connectivity index is 1.86. The van der Waals surface area contributed by atoms with Crippen LogP contribution in [0, 0.1) is 11.6 Å². The molecule has 1 heterocycles. The lowest BCUT2D eigenvalue weighted by molar-refractivity contribution is -0.116. The number of H-pyrrole nitrogens is 1. The molecule has 0 aliphatic carbocycles. The number of aromatic amines is 1. The maximum atomic E-state index is 12.0. The first-order valence-corrected chi connectivity index (χ1v) is 7.78. The van der Waals surface area contributed by atoms with Crippen molar-refractivity contribution in [3.05, 3.63) is 57.3 Å². The zero-order chi connectivity index (χ0) is 16.8. The second-order valence-corrected chi connectivity index (χ2v) is 5.69. The molecule has 7 heteroatoms. The van der Waals surface area contributed by atoms with Crippen LogP contribution < -0.4 is 10.6 Å². The number of rotatable bonds is 5. The van der Waals surface area contributed by atoms with Crippen LogP contribution in [0.5, 0.6) is 0 Å². The Bertz CT molecular complexity index is 789. The fourth-order valence-electron chi connectivity index (χ4n) is 1.94. The maximum Gasteiger partial charge on any atom is 0.254 e. The van der Waals surface area contributed by atoms with Crippen molar-refractivity contribution in [2.24, 2.45) is 0 Å². The van der Waals surface area contributed by atoms with E-state index in [1.54, 1.807) is 36.5 Å². The van der Waals surface area contributed by atoms with Crippen molar-refractivity contribution in [3.8, 4) is 0 Å². The molecule has 0 unspecified atom stereocenters. The van der Waals surface area contributed by atoms with Crippen molar-refractivity contribution >= 4 is 41.3 Å². The number of hydrogen-bond donors (Lipinski definition) is 3. The predicted octanol–water partition coefficient (Wildman–Crippen LogP) is 3.46. The van der Waals surface area contributed by atoms with Crippen LogP contribution in [0.15, 0.2) is 36.5 Å². The number of amides is 2. The molecule has 2 aromatic rings. The zero-order valence-corrected chi connectivity index (χ0v) is 14.1. The summed E-state index contributed by atoms with van der Waals surface area (Å²) in [7, 11) is 0. The first-order valence-electron chi connectivity index (χ1n) is 7.00. The minimum Gasteiger partial charge on any atom is -0.352 e. The lowest BCUT2D eigenvalue weighted by Crippen LogP contribution is -2.28. The third kappa shape index (κ3) is 4.64. The van der Waals surface area contributed by atoms with Gasteiger partial charge in [-0.1, -0.05) is 29.9 Å². The highest BCUT2D eigenvalue weighted by Crippen LogP contribution is 2.22. The molecule has 1 aromatic heterocycles. The molecule has 0 aliphatic heterocycles. The number of anilines is 1. The summed E-state index contributed by atoms with van der Waals surface area (Å²) in [6, 6.07) is 8.63. The van der Waals surface area contributed by atoms with E-state index in [0.29, 0.717) is 20.9 Å². The summed E-state index contributed by atoms with van der Waals surface area (Å²) in [6.45, 7) is 2.05. The van der Waals surface area contributed by atoms with Gasteiger partial charge in [0.15, 0.2) is 0 Å². The van der Waals surface area contributed by atoms with Crippen molar-refractivity contribution in [1.29, 1.82) is 0 Å². The van der Waals surface area contributed by atoms with Crippen LogP contribution in [0.3, 0.4) is 0 Å². The number of pyridine rings is 1. The van der Waals surface area contributed by atoms with Crippen molar-refractivity contribution in [2.75, 3.05) is 11.9 Å². The van der Waals surface area contributed by atoms with Crippen LogP contribution >= 0.6 is 23.8 Å². The molecule has 0 radical (unpaired) electrons. The number of hydrogen-bond acceptors (Lipinski definition) is 3. The third-order valence-corrected chi connectivity index (χ3v) is 3.99. The molecule has 2 rings (SSSR count). The number of benzene rings is 1. The van der Waals surface area contributed by atoms with Crippen molar-refractivity contribution in [2.45, 2.75) is 13.3 Å². The zero-order valence-electron chi connectivity index (χ0n) is 12.5. The van der Waals surface area contributed by atoms with E-state index in [0.717, 1.165) is 5.56 Å². The Labute approximate surface area is 144 Å². The van der Waals surface area contributed by atoms with Crippen LogP contribution in [0.1, 0.15) is 22.3 Å². The summed E-state index contributed by atoms with van der Waals surface area (Å²) >= 11 is 11.0. The van der Waals surface area contributed by atoms with Gasteiger partial charge in [0.1, 0.15) is 4.64 Å². The molecule has 0 saturated heterocycles. The normalized spacial score (nSPS) is 10.2. The van der Waals surface area contributed by atoms with Gasteiger partial charge < -0.3 is 15.6 Å². The summed E-state index contributed by atoms with van der Waals surface area (Å²) < 4.78 is 0.365. The van der Waals surface area contributed by atoms with Gasteiger partial charge in [0.2, 0.25) is 5.91 Å². The van der Waals surface area contributed by atoms with Gasteiger partial charge in [0.05, 0.1) is 5.56 Å². The Kier molecular flexibility index (Phi) is 5.90. The van der Waals surface area contributed by atoms with Crippen LogP contribution in [0.25, 0.3) is 0 Å². The fourth-order valence-corrected chi connectivity index (χ4v) is 2.34. The lowest BCUT2D eigenvalue weighted by atomic mass is 10.2. The fraction of sp³-hybridized carbons (Fsp3) is 0.188. The summed E-state index contributed by atoms with van der Waals surface area (Å²) in [4.78, 5) is 26.7. The summed E-state index contributed by atoms with van der Waals surface area (Å²) in [6.07, 6.45) is 1.81. The minimum absolute atomic E-state index is 0.154.